The monoisotopic (exact) mass is 494 g/mol. The normalized spacial score (nSPS) is 13.3. The predicted octanol–water partition coefficient (Wildman–Crippen LogP) is 4.05. The first-order chi connectivity index (χ1) is 16.8. The lowest BCUT2D eigenvalue weighted by Crippen LogP contribution is -2.14. The molecule has 2 N–H and O–H groups in total. The summed E-state index contributed by atoms with van der Waals surface area (Å²) >= 11 is 0. The summed E-state index contributed by atoms with van der Waals surface area (Å²) in [4.78, 5) is 17.2. The summed E-state index contributed by atoms with van der Waals surface area (Å²) in [5, 5.41) is 7.25. The van der Waals surface area contributed by atoms with Crippen molar-refractivity contribution in [2.24, 2.45) is 0 Å². The van der Waals surface area contributed by atoms with Crippen LogP contribution in [0.1, 0.15) is 28.2 Å². The molecule has 35 heavy (non-hydrogen) atoms. The van der Waals surface area contributed by atoms with Gasteiger partial charge in [0.2, 0.25) is 0 Å². The summed E-state index contributed by atoms with van der Waals surface area (Å²) in [6.45, 7) is 4.48. The third-order valence-electron chi connectivity index (χ3n) is 5.41. The van der Waals surface area contributed by atoms with Gasteiger partial charge in [-0.2, -0.15) is 0 Å². The van der Waals surface area contributed by atoms with Crippen LogP contribution in [0.5, 0.6) is 11.5 Å². The Morgan fingerprint density at radius 3 is 2.43 bits per heavy atom. The van der Waals surface area contributed by atoms with Gasteiger partial charge in [-0.3, -0.25) is 9.52 Å². The number of hydrogen-bond donors (Lipinski definition) is 2. The van der Waals surface area contributed by atoms with Crippen molar-refractivity contribution >= 4 is 38.4 Å². The van der Waals surface area contributed by atoms with Gasteiger partial charge in [0.25, 0.3) is 21.6 Å². The molecule has 3 heterocycles. The van der Waals surface area contributed by atoms with Gasteiger partial charge in [-0.25, -0.2) is 13.4 Å². The average Bonchev–Trinajstić information content (AvgIpc) is 3.04. The van der Waals surface area contributed by atoms with Gasteiger partial charge in [-0.15, -0.1) is 0 Å². The van der Waals surface area contributed by atoms with E-state index in [1.54, 1.807) is 50.2 Å². The van der Waals surface area contributed by atoms with Crippen molar-refractivity contribution in [2.45, 2.75) is 25.2 Å². The van der Waals surface area contributed by atoms with Gasteiger partial charge in [0.1, 0.15) is 0 Å². The van der Waals surface area contributed by atoms with Crippen molar-refractivity contribution in [2.75, 3.05) is 23.3 Å². The van der Waals surface area contributed by atoms with Crippen LogP contribution in [0.3, 0.4) is 0 Å². The fraction of sp³-hybridized carbons (Fsp3) is 0.208. The van der Waals surface area contributed by atoms with Gasteiger partial charge >= 0.3 is 0 Å². The van der Waals surface area contributed by atoms with E-state index < -0.39 is 10.0 Å². The van der Waals surface area contributed by atoms with E-state index in [1.165, 1.54) is 12.1 Å². The van der Waals surface area contributed by atoms with Crippen LogP contribution in [-0.2, 0) is 10.0 Å². The zero-order valence-electron chi connectivity index (χ0n) is 19.0. The first-order valence-electron chi connectivity index (χ1n) is 10.9. The molecule has 10 nitrogen and oxygen atoms in total. The second kappa shape index (κ2) is 8.91. The fourth-order valence-electron chi connectivity index (χ4n) is 3.74. The number of carbonyl (C=O) groups excluding carboxylic acids is 1. The molecule has 0 saturated carbocycles. The molecule has 0 radical (unpaired) electrons. The first-order valence-corrected chi connectivity index (χ1v) is 12.4. The van der Waals surface area contributed by atoms with E-state index >= 15 is 0 Å². The fourth-order valence-corrected chi connectivity index (χ4v) is 4.82. The van der Waals surface area contributed by atoms with Gasteiger partial charge < -0.3 is 19.3 Å². The summed E-state index contributed by atoms with van der Waals surface area (Å²) in [7, 11) is -3.86. The lowest BCUT2D eigenvalue weighted by Gasteiger charge is -2.12. The van der Waals surface area contributed by atoms with Gasteiger partial charge in [0.05, 0.1) is 34.8 Å². The molecule has 0 atom stereocenters. The van der Waals surface area contributed by atoms with Crippen LogP contribution in [0.4, 0.5) is 11.4 Å². The third-order valence-corrected chi connectivity index (χ3v) is 6.79. The highest BCUT2D eigenvalue weighted by atomic mass is 32.2. The van der Waals surface area contributed by atoms with Gasteiger partial charge in [-0.05, 0) is 56.3 Å². The zero-order valence-corrected chi connectivity index (χ0v) is 19.8. The Hall–Kier alpha value is -4.12. The maximum Gasteiger partial charge on any atom is 0.262 e. The van der Waals surface area contributed by atoms with Crippen LogP contribution in [-0.4, -0.2) is 37.7 Å². The topological polar surface area (TPSA) is 133 Å². The molecule has 1 aliphatic rings. The molecule has 4 aromatic rings. The van der Waals surface area contributed by atoms with Crippen LogP contribution in [0.2, 0.25) is 0 Å². The van der Waals surface area contributed by atoms with Gasteiger partial charge in [0.15, 0.2) is 11.5 Å². The maximum atomic E-state index is 12.9. The summed E-state index contributed by atoms with van der Waals surface area (Å²) < 4.78 is 44.6. The molecule has 11 heteroatoms. The summed E-state index contributed by atoms with van der Waals surface area (Å²) in [6.07, 6.45) is 0.724. The lowest BCUT2D eigenvalue weighted by molar-refractivity contribution is 0.102. The second-order valence-electron chi connectivity index (χ2n) is 8.06. The number of pyridine rings is 1. The van der Waals surface area contributed by atoms with E-state index in [0.717, 1.165) is 6.42 Å². The van der Waals surface area contributed by atoms with Crippen molar-refractivity contribution < 1.29 is 27.2 Å². The number of nitrogens with zero attached hydrogens (tertiary/aromatic N) is 2. The maximum absolute atomic E-state index is 12.9. The van der Waals surface area contributed by atoms with Crippen LogP contribution >= 0.6 is 0 Å². The number of benzene rings is 2. The molecule has 2 aromatic heterocycles. The van der Waals surface area contributed by atoms with Crippen molar-refractivity contribution in [3.63, 3.8) is 0 Å². The molecule has 0 saturated heterocycles. The predicted molar refractivity (Wildman–Crippen MR) is 129 cm³/mol. The molecule has 1 amide bonds. The quantitative estimate of drug-likeness (QED) is 0.425. The number of carbonyl (C=O) groups is 1. The van der Waals surface area contributed by atoms with Gasteiger partial charge in [0, 0.05) is 29.6 Å². The lowest BCUT2D eigenvalue weighted by atomic mass is 10.1. The molecule has 1 aliphatic heterocycles. The van der Waals surface area contributed by atoms with E-state index in [0.29, 0.717) is 64.1 Å². The van der Waals surface area contributed by atoms with Crippen LogP contribution in [0, 0.1) is 13.8 Å². The molecule has 0 spiro atoms. The minimum absolute atomic E-state index is 0.0558. The zero-order chi connectivity index (χ0) is 24.6. The van der Waals surface area contributed by atoms with Crippen LogP contribution in [0.15, 0.2) is 57.9 Å². The SMILES string of the molecule is Cc1cc(C(=O)Nc2ccc(NS(=O)(=O)c3ccc4c(c3)OCCCO4)cc2)c2c(C)noc2n1. The number of nitrogens with one attached hydrogen (secondary N) is 2. The molecule has 5 rings (SSSR count). The van der Waals surface area contributed by atoms with Crippen molar-refractivity contribution in [3.05, 3.63) is 65.5 Å². The van der Waals surface area contributed by atoms with Gasteiger partial charge in [-0.1, -0.05) is 5.16 Å². The highest BCUT2D eigenvalue weighted by molar-refractivity contribution is 7.92. The summed E-state index contributed by atoms with van der Waals surface area (Å²) in [5.74, 6) is 0.559. The van der Waals surface area contributed by atoms with E-state index in [1.807, 2.05) is 0 Å². The summed E-state index contributed by atoms with van der Waals surface area (Å²) in [6, 6.07) is 12.5. The number of aromatic nitrogens is 2. The molecular weight excluding hydrogens is 472 g/mol. The van der Waals surface area contributed by atoms with Crippen LogP contribution < -0.4 is 19.5 Å². The molecule has 0 aliphatic carbocycles. The highest BCUT2D eigenvalue weighted by Gasteiger charge is 2.20. The van der Waals surface area contributed by atoms with Crippen LogP contribution in [0.25, 0.3) is 11.1 Å². The number of hydrogen-bond acceptors (Lipinski definition) is 8. The standard InChI is InChI=1S/C24H22N4O6S/c1-14-12-19(22-15(2)27-34-24(22)25-14)23(29)26-16-4-6-17(7-5-16)28-35(30,31)18-8-9-20-21(13-18)33-11-3-10-32-20/h4-9,12-13,28H,3,10-11H2,1-2H3,(H,26,29). The second-order valence-corrected chi connectivity index (χ2v) is 9.74. The molecule has 2 aromatic carbocycles. The molecule has 0 fully saturated rings. The number of aryl methyl sites for hydroxylation is 2. The Labute approximate surface area is 201 Å². The number of anilines is 2. The Bertz CT molecular complexity index is 1530. The Kier molecular flexibility index (Phi) is 5.77. The largest absolute Gasteiger partial charge is 0.490 e. The molecule has 0 bridgehead atoms. The van der Waals surface area contributed by atoms with E-state index in [9.17, 15) is 13.2 Å². The van der Waals surface area contributed by atoms with E-state index in [-0.39, 0.29) is 10.8 Å². The molecule has 180 valence electrons. The number of ether oxygens (including phenoxy) is 2. The third kappa shape index (κ3) is 4.62. The Morgan fingerprint density at radius 2 is 1.66 bits per heavy atom. The number of amides is 1. The molecule has 0 unspecified atom stereocenters. The smallest absolute Gasteiger partial charge is 0.262 e. The van der Waals surface area contributed by atoms with E-state index in [4.69, 9.17) is 14.0 Å². The average molecular weight is 495 g/mol. The minimum atomic E-state index is -3.86. The number of fused-ring (bicyclic) bond motifs is 2. The first kappa shape index (κ1) is 22.7. The van der Waals surface area contributed by atoms with Crippen molar-refractivity contribution in [1.82, 2.24) is 10.1 Å². The van der Waals surface area contributed by atoms with Crippen molar-refractivity contribution in [1.29, 1.82) is 0 Å². The Balaban J connectivity index is 1.32. The number of rotatable bonds is 5. The number of sulfonamides is 1. The summed E-state index contributed by atoms with van der Waals surface area (Å²) in [5.41, 5.74) is 2.71. The minimum Gasteiger partial charge on any atom is -0.490 e. The molecular formula is C24H22N4O6S. The van der Waals surface area contributed by atoms with E-state index in [2.05, 4.69) is 20.2 Å². The highest BCUT2D eigenvalue weighted by Crippen LogP contribution is 2.32. The van der Waals surface area contributed by atoms with Crippen molar-refractivity contribution in [3.8, 4) is 11.5 Å². The Morgan fingerprint density at radius 1 is 0.943 bits per heavy atom.